The predicted molar refractivity (Wildman–Crippen MR) is 67.7 cm³/mol. The average molecular weight is 240 g/mol. The minimum atomic E-state index is 0.0872. The van der Waals surface area contributed by atoms with Crippen molar-refractivity contribution < 1.29 is 4.74 Å². The first kappa shape index (κ1) is 12.0. The van der Waals surface area contributed by atoms with E-state index in [9.17, 15) is 0 Å². The van der Waals surface area contributed by atoms with Crippen LogP contribution in [0, 0.1) is 12.3 Å². The van der Waals surface area contributed by atoms with Crippen molar-refractivity contribution in [1.82, 2.24) is 5.32 Å². The van der Waals surface area contributed by atoms with Gasteiger partial charge in [0.05, 0.1) is 13.2 Å². The fourth-order valence-corrected chi connectivity index (χ4v) is 2.82. The highest BCUT2D eigenvalue weighted by atomic mass is 32.1. The van der Waals surface area contributed by atoms with Crippen molar-refractivity contribution in [2.75, 3.05) is 19.8 Å². The lowest BCUT2D eigenvalue weighted by molar-refractivity contribution is 0.158. The summed E-state index contributed by atoms with van der Waals surface area (Å²) >= 11 is 1.76. The van der Waals surface area contributed by atoms with E-state index in [0.717, 1.165) is 19.7 Å². The molecule has 2 unspecified atom stereocenters. The number of nitrogens with one attached hydrogen (secondary N) is 1. The van der Waals surface area contributed by atoms with E-state index in [2.05, 4.69) is 29.9 Å². The average Bonchev–Trinajstić information content (AvgIpc) is 2.77. The topological polar surface area (TPSA) is 47.3 Å². The first-order valence-corrected chi connectivity index (χ1v) is 6.62. The number of nitrogens with two attached hydrogens (primary N) is 1. The predicted octanol–water partition coefficient (Wildman–Crippen LogP) is 1.51. The second kappa shape index (κ2) is 4.84. The van der Waals surface area contributed by atoms with Crippen LogP contribution < -0.4 is 11.1 Å². The lowest BCUT2D eigenvalue weighted by atomic mass is 9.86. The van der Waals surface area contributed by atoms with Gasteiger partial charge in [0.1, 0.15) is 0 Å². The van der Waals surface area contributed by atoms with Gasteiger partial charge in [0.15, 0.2) is 0 Å². The molecule has 1 aromatic rings. The van der Waals surface area contributed by atoms with Crippen molar-refractivity contribution in [3.8, 4) is 0 Å². The number of hydrogen-bond donors (Lipinski definition) is 2. The van der Waals surface area contributed by atoms with Crippen LogP contribution in [0.1, 0.15) is 18.1 Å². The zero-order chi connectivity index (χ0) is 11.6. The van der Waals surface area contributed by atoms with Crippen molar-refractivity contribution in [3.05, 3.63) is 21.9 Å². The molecule has 0 amide bonds. The molecule has 90 valence electrons. The minimum Gasteiger partial charge on any atom is -0.379 e. The van der Waals surface area contributed by atoms with Crippen LogP contribution in [0.5, 0.6) is 0 Å². The third-order valence-corrected chi connectivity index (χ3v) is 4.34. The quantitative estimate of drug-likeness (QED) is 0.838. The van der Waals surface area contributed by atoms with E-state index in [1.807, 2.05) is 0 Å². The van der Waals surface area contributed by atoms with Crippen LogP contribution in [-0.2, 0) is 11.3 Å². The third-order valence-electron chi connectivity index (χ3n) is 3.43. The molecule has 0 radical (unpaired) electrons. The van der Waals surface area contributed by atoms with E-state index in [1.54, 1.807) is 11.3 Å². The van der Waals surface area contributed by atoms with Gasteiger partial charge in [-0.1, -0.05) is 6.92 Å². The molecule has 3 nitrogen and oxygen atoms in total. The standard InChI is InChI=1S/C12H20N2OS/c1-9-5-16-6-10(9)3-14-7-12(2)8-15-4-11(12)13/h5-6,11,14H,3-4,7-8,13H2,1-2H3. The normalized spacial score (nSPS) is 29.8. The highest BCUT2D eigenvalue weighted by Crippen LogP contribution is 2.26. The fraction of sp³-hybridized carbons (Fsp3) is 0.667. The summed E-state index contributed by atoms with van der Waals surface area (Å²) in [5.41, 5.74) is 8.89. The number of aryl methyl sites for hydroxylation is 1. The zero-order valence-corrected chi connectivity index (χ0v) is 10.8. The number of hydrogen-bond acceptors (Lipinski definition) is 4. The summed E-state index contributed by atoms with van der Waals surface area (Å²) in [7, 11) is 0. The van der Waals surface area contributed by atoms with Gasteiger partial charge in [-0.2, -0.15) is 11.3 Å². The number of thiophene rings is 1. The molecule has 3 N–H and O–H groups in total. The molecule has 2 heterocycles. The maximum atomic E-state index is 6.04. The molecule has 0 spiro atoms. The Hall–Kier alpha value is -0.420. The van der Waals surface area contributed by atoms with Gasteiger partial charge in [0.25, 0.3) is 0 Å². The lowest BCUT2D eigenvalue weighted by Gasteiger charge is -2.27. The Morgan fingerprint density at radius 2 is 2.44 bits per heavy atom. The molecule has 2 atom stereocenters. The smallest absolute Gasteiger partial charge is 0.0624 e. The Morgan fingerprint density at radius 1 is 1.62 bits per heavy atom. The molecule has 0 bridgehead atoms. The Bertz CT molecular complexity index is 353. The van der Waals surface area contributed by atoms with E-state index in [4.69, 9.17) is 10.5 Å². The van der Waals surface area contributed by atoms with Crippen LogP contribution in [0.3, 0.4) is 0 Å². The first-order valence-electron chi connectivity index (χ1n) is 5.67. The van der Waals surface area contributed by atoms with Gasteiger partial charge < -0.3 is 15.8 Å². The highest BCUT2D eigenvalue weighted by Gasteiger charge is 2.37. The van der Waals surface area contributed by atoms with Crippen molar-refractivity contribution in [3.63, 3.8) is 0 Å². The van der Waals surface area contributed by atoms with Gasteiger partial charge in [-0.25, -0.2) is 0 Å². The molecule has 0 saturated carbocycles. The van der Waals surface area contributed by atoms with Crippen LogP contribution in [-0.4, -0.2) is 25.8 Å². The molecule has 1 aliphatic heterocycles. The highest BCUT2D eigenvalue weighted by molar-refractivity contribution is 7.08. The third kappa shape index (κ3) is 2.46. The van der Waals surface area contributed by atoms with Crippen LogP contribution in [0.4, 0.5) is 0 Å². The Kier molecular flexibility index (Phi) is 3.64. The van der Waals surface area contributed by atoms with Gasteiger partial charge in [-0.3, -0.25) is 0 Å². The van der Waals surface area contributed by atoms with Crippen molar-refractivity contribution in [2.24, 2.45) is 11.1 Å². The molecule has 0 aromatic carbocycles. The van der Waals surface area contributed by atoms with Crippen LogP contribution in [0.25, 0.3) is 0 Å². The van der Waals surface area contributed by atoms with Crippen LogP contribution >= 0.6 is 11.3 Å². The Morgan fingerprint density at radius 3 is 3.00 bits per heavy atom. The molecule has 1 aromatic heterocycles. The summed E-state index contributed by atoms with van der Waals surface area (Å²) in [6, 6.07) is 0.156. The van der Waals surface area contributed by atoms with E-state index >= 15 is 0 Å². The van der Waals surface area contributed by atoms with E-state index in [-0.39, 0.29) is 11.5 Å². The second-order valence-electron chi connectivity index (χ2n) is 4.96. The molecule has 16 heavy (non-hydrogen) atoms. The molecule has 2 rings (SSSR count). The maximum absolute atomic E-state index is 6.04. The first-order chi connectivity index (χ1) is 7.62. The maximum Gasteiger partial charge on any atom is 0.0624 e. The van der Waals surface area contributed by atoms with Gasteiger partial charge in [0.2, 0.25) is 0 Å². The van der Waals surface area contributed by atoms with E-state index in [0.29, 0.717) is 6.61 Å². The molecule has 0 aliphatic carbocycles. The molecule has 1 aliphatic rings. The van der Waals surface area contributed by atoms with Gasteiger partial charge in [-0.15, -0.1) is 0 Å². The minimum absolute atomic E-state index is 0.0872. The van der Waals surface area contributed by atoms with Gasteiger partial charge in [-0.05, 0) is 28.8 Å². The molecular weight excluding hydrogens is 220 g/mol. The summed E-state index contributed by atoms with van der Waals surface area (Å²) < 4.78 is 5.42. The summed E-state index contributed by atoms with van der Waals surface area (Å²) in [5.74, 6) is 0. The molecule has 1 fully saturated rings. The van der Waals surface area contributed by atoms with Crippen molar-refractivity contribution in [1.29, 1.82) is 0 Å². The van der Waals surface area contributed by atoms with E-state index < -0.39 is 0 Å². The number of rotatable bonds is 4. The SMILES string of the molecule is Cc1cscc1CNCC1(C)COCC1N. The van der Waals surface area contributed by atoms with Crippen LogP contribution in [0.2, 0.25) is 0 Å². The van der Waals surface area contributed by atoms with Crippen LogP contribution in [0.15, 0.2) is 10.8 Å². The summed E-state index contributed by atoms with van der Waals surface area (Å²) in [6.07, 6.45) is 0. The molecule has 4 heteroatoms. The van der Waals surface area contributed by atoms with Crippen molar-refractivity contribution in [2.45, 2.75) is 26.4 Å². The van der Waals surface area contributed by atoms with Crippen molar-refractivity contribution >= 4 is 11.3 Å². The Balaban J connectivity index is 1.82. The Labute approximate surface area is 101 Å². The lowest BCUT2D eigenvalue weighted by Crippen LogP contribution is -2.45. The largest absolute Gasteiger partial charge is 0.379 e. The summed E-state index contributed by atoms with van der Waals surface area (Å²) in [5, 5.41) is 7.88. The fourth-order valence-electron chi connectivity index (χ4n) is 1.96. The number of ether oxygens (including phenoxy) is 1. The zero-order valence-electron chi connectivity index (χ0n) is 9.95. The monoisotopic (exact) mass is 240 g/mol. The summed E-state index contributed by atoms with van der Waals surface area (Å²) in [6.45, 7) is 7.65. The van der Waals surface area contributed by atoms with E-state index in [1.165, 1.54) is 11.1 Å². The molecular formula is C12H20N2OS. The molecule has 1 saturated heterocycles. The second-order valence-corrected chi connectivity index (χ2v) is 5.70. The van der Waals surface area contributed by atoms with Gasteiger partial charge >= 0.3 is 0 Å². The van der Waals surface area contributed by atoms with Gasteiger partial charge in [0, 0.05) is 24.5 Å². The summed E-state index contributed by atoms with van der Waals surface area (Å²) in [4.78, 5) is 0.